The highest BCUT2D eigenvalue weighted by Crippen LogP contribution is 2.24. The molecule has 0 aromatic heterocycles. The van der Waals surface area contributed by atoms with Crippen LogP contribution in [0, 0.1) is 5.92 Å². The van der Waals surface area contributed by atoms with E-state index in [4.69, 9.17) is 5.11 Å². The maximum absolute atomic E-state index is 11.7. The molecule has 0 aromatic carbocycles. The maximum Gasteiger partial charge on any atom is 0.306 e. The molecule has 0 saturated heterocycles. The molecular formula is C11H20N2O5S. The molecular weight excluding hydrogens is 272 g/mol. The first-order valence-electron chi connectivity index (χ1n) is 6.19. The van der Waals surface area contributed by atoms with Crippen molar-refractivity contribution in [1.82, 2.24) is 10.0 Å². The maximum atomic E-state index is 11.7. The number of rotatable bonds is 5. The molecule has 8 heteroatoms. The molecule has 0 aliphatic heterocycles. The fraction of sp³-hybridized carbons (Fsp3) is 0.818. The average Bonchev–Trinajstić information content (AvgIpc) is 2.27. The fourth-order valence-corrected chi connectivity index (χ4v) is 2.93. The first-order valence-corrected chi connectivity index (χ1v) is 8.08. The highest BCUT2D eigenvalue weighted by molar-refractivity contribution is 7.88. The third-order valence-corrected chi connectivity index (χ3v) is 3.99. The molecule has 1 rings (SSSR count). The van der Waals surface area contributed by atoms with Gasteiger partial charge in [-0.2, -0.15) is 0 Å². The summed E-state index contributed by atoms with van der Waals surface area (Å²) >= 11 is 0. The summed E-state index contributed by atoms with van der Waals surface area (Å²) in [5.74, 6) is -1.51. The molecule has 0 spiro atoms. The molecule has 1 atom stereocenters. The van der Waals surface area contributed by atoms with Crippen molar-refractivity contribution in [3.05, 3.63) is 0 Å². The third-order valence-electron chi connectivity index (χ3n) is 3.21. The van der Waals surface area contributed by atoms with Crippen molar-refractivity contribution in [3.63, 3.8) is 0 Å². The van der Waals surface area contributed by atoms with Gasteiger partial charge in [0.1, 0.15) is 0 Å². The number of hydrogen-bond acceptors (Lipinski definition) is 4. The van der Waals surface area contributed by atoms with Crippen molar-refractivity contribution in [2.75, 3.05) is 6.26 Å². The number of carboxylic acids is 1. The minimum Gasteiger partial charge on any atom is -0.481 e. The Morgan fingerprint density at radius 2 is 1.74 bits per heavy atom. The minimum atomic E-state index is -3.42. The molecule has 1 unspecified atom stereocenters. The van der Waals surface area contributed by atoms with Crippen molar-refractivity contribution < 1.29 is 23.1 Å². The zero-order valence-electron chi connectivity index (χ0n) is 11.0. The molecule has 1 aliphatic carbocycles. The summed E-state index contributed by atoms with van der Waals surface area (Å²) in [7, 11) is -3.42. The average molecular weight is 292 g/mol. The van der Waals surface area contributed by atoms with Crippen LogP contribution in [0.3, 0.4) is 0 Å². The monoisotopic (exact) mass is 292 g/mol. The van der Waals surface area contributed by atoms with E-state index < -0.39 is 22.0 Å². The largest absolute Gasteiger partial charge is 0.481 e. The van der Waals surface area contributed by atoms with Gasteiger partial charge in [-0.1, -0.05) is 0 Å². The highest BCUT2D eigenvalue weighted by atomic mass is 32.2. The van der Waals surface area contributed by atoms with Crippen LogP contribution in [-0.2, 0) is 19.6 Å². The molecule has 1 fully saturated rings. The van der Waals surface area contributed by atoms with E-state index in [1.54, 1.807) is 0 Å². The van der Waals surface area contributed by atoms with E-state index in [0.717, 1.165) is 6.26 Å². The number of sulfonamides is 1. The standard InChI is InChI=1S/C11H20N2O5S/c1-7(13-19(2,17)18)10(14)12-9-5-3-8(4-6-9)11(15)16/h7-9,13H,3-6H2,1-2H3,(H,12,14)(H,15,16). The second-order valence-electron chi connectivity index (χ2n) is 5.01. The predicted octanol–water partition coefficient (Wildman–Crippen LogP) is -0.316. The molecule has 0 heterocycles. The van der Waals surface area contributed by atoms with Gasteiger partial charge in [-0.15, -0.1) is 0 Å². The summed E-state index contributed by atoms with van der Waals surface area (Å²) in [5, 5.41) is 11.6. The molecule has 1 saturated carbocycles. The summed E-state index contributed by atoms with van der Waals surface area (Å²) < 4.78 is 24.2. The van der Waals surface area contributed by atoms with E-state index in [0.29, 0.717) is 25.7 Å². The first kappa shape index (κ1) is 15.9. The molecule has 1 amide bonds. The molecule has 1 aliphatic rings. The van der Waals surface area contributed by atoms with Crippen LogP contribution in [0.25, 0.3) is 0 Å². The lowest BCUT2D eigenvalue weighted by Crippen LogP contribution is -2.48. The third kappa shape index (κ3) is 5.56. The smallest absolute Gasteiger partial charge is 0.306 e. The van der Waals surface area contributed by atoms with E-state index in [2.05, 4.69) is 10.0 Å². The highest BCUT2D eigenvalue weighted by Gasteiger charge is 2.28. The Hall–Kier alpha value is -1.15. The second kappa shape index (κ2) is 6.33. The quantitative estimate of drug-likeness (QED) is 0.643. The zero-order valence-corrected chi connectivity index (χ0v) is 11.9. The fourth-order valence-electron chi connectivity index (χ4n) is 2.19. The number of hydrogen-bond donors (Lipinski definition) is 3. The Labute approximate surface area is 112 Å². The van der Waals surface area contributed by atoms with E-state index in [1.807, 2.05) is 0 Å². The lowest BCUT2D eigenvalue weighted by Gasteiger charge is -2.27. The summed E-state index contributed by atoms with van der Waals surface area (Å²) in [6.07, 6.45) is 3.28. The first-order chi connectivity index (χ1) is 8.69. The van der Waals surface area contributed by atoms with Crippen molar-refractivity contribution in [2.24, 2.45) is 5.92 Å². The number of carbonyl (C=O) groups excluding carboxylic acids is 1. The van der Waals surface area contributed by atoms with Gasteiger partial charge in [0.25, 0.3) is 0 Å². The van der Waals surface area contributed by atoms with Gasteiger partial charge in [0, 0.05) is 6.04 Å². The van der Waals surface area contributed by atoms with Gasteiger partial charge in [-0.3, -0.25) is 9.59 Å². The number of aliphatic carboxylic acids is 1. The Morgan fingerprint density at radius 3 is 2.16 bits per heavy atom. The van der Waals surface area contributed by atoms with Crippen LogP contribution in [0.2, 0.25) is 0 Å². The van der Waals surface area contributed by atoms with Gasteiger partial charge in [0.05, 0.1) is 18.2 Å². The minimum absolute atomic E-state index is 0.0769. The van der Waals surface area contributed by atoms with E-state index >= 15 is 0 Å². The normalized spacial score (nSPS) is 25.6. The lowest BCUT2D eigenvalue weighted by atomic mass is 9.86. The van der Waals surface area contributed by atoms with Crippen molar-refractivity contribution in [1.29, 1.82) is 0 Å². The Kier molecular flexibility index (Phi) is 5.30. The van der Waals surface area contributed by atoms with Crippen LogP contribution in [0.4, 0.5) is 0 Å². The van der Waals surface area contributed by atoms with Gasteiger partial charge in [-0.25, -0.2) is 13.1 Å². The van der Waals surface area contributed by atoms with E-state index in [1.165, 1.54) is 6.92 Å². The van der Waals surface area contributed by atoms with Gasteiger partial charge < -0.3 is 10.4 Å². The Morgan fingerprint density at radius 1 is 1.21 bits per heavy atom. The molecule has 0 bridgehead atoms. The molecule has 3 N–H and O–H groups in total. The van der Waals surface area contributed by atoms with Crippen molar-refractivity contribution >= 4 is 21.9 Å². The number of amides is 1. The van der Waals surface area contributed by atoms with Crippen molar-refractivity contribution in [2.45, 2.75) is 44.7 Å². The summed E-state index contributed by atoms with van der Waals surface area (Å²) in [6.45, 7) is 1.47. The SMILES string of the molecule is CC(NS(C)(=O)=O)C(=O)NC1CCC(C(=O)O)CC1. The van der Waals surface area contributed by atoms with Crippen LogP contribution in [0.15, 0.2) is 0 Å². The van der Waals surface area contributed by atoms with Crippen LogP contribution < -0.4 is 10.0 Å². The molecule has 0 aromatic rings. The molecule has 0 radical (unpaired) electrons. The molecule has 7 nitrogen and oxygen atoms in total. The number of nitrogens with one attached hydrogen (secondary N) is 2. The van der Waals surface area contributed by atoms with Crippen LogP contribution in [0.1, 0.15) is 32.6 Å². The zero-order chi connectivity index (χ0) is 14.6. The molecule has 19 heavy (non-hydrogen) atoms. The Balaban J connectivity index is 2.40. The summed E-state index contributed by atoms with van der Waals surface area (Å²) in [5.41, 5.74) is 0. The molecule has 110 valence electrons. The summed E-state index contributed by atoms with van der Waals surface area (Å²) in [4.78, 5) is 22.5. The predicted molar refractivity (Wildman–Crippen MR) is 69.0 cm³/mol. The van der Waals surface area contributed by atoms with Crippen LogP contribution in [0.5, 0.6) is 0 Å². The van der Waals surface area contributed by atoms with Crippen LogP contribution in [-0.4, -0.2) is 43.7 Å². The van der Waals surface area contributed by atoms with Crippen molar-refractivity contribution in [3.8, 4) is 0 Å². The van der Waals surface area contributed by atoms with Gasteiger partial charge >= 0.3 is 5.97 Å². The van der Waals surface area contributed by atoms with Gasteiger partial charge in [0.15, 0.2) is 0 Å². The van der Waals surface area contributed by atoms with E-state index in [-0.39, 0.29) is 17.9 Å². The van der Waals surface area contributed by atoms with E-state index in [9.17, 15) is 18.0 Å². The van der Waals surface area contributed by atoms with Gasteiger partial charge in [-0.05, 0) is 32.6 Å². The lowest BCUT2D eigenvalue weighted by molar-refractivity contribution is -0.142. The van der Waals surface area contributed by atoms with Crippen LogP contribution >= 0.6 is 0 Å². The number of carbonyl (C=O) groups is 2. The topological polar surface area (TPSA) is 113 Å². The number of carboxylic acid groups (broad SMARTS) is 1. The second-order valence-corrected chi connectivity index (χ2v) is 6.79. The van der Waals surface area contributed by atoms with Gasteiger partial charge in [0.2, 0.25) is 15.9 Å². The Bertz CT molecular complexity index is 440. The summed E-state index contributed by atoms with van der Waals surface area (Å²) in [6, 6.07) is -0.904.